The van der Waals surface area contributed by atoms with Gasteiger partial charge in [0.15, 0.2) is 0 Å². The Bertz CT molecular complexity index is 493. The maximum atomic E-state index is 5.32. The third-order valence-corrected chi connectivity index (χ3v) is 3.10. The molecule has 2 unspecified atom stereocenters. The van der Waals surface area contributed by atoms with Crippen LogP contribution >= 0.6 is 0 Å². The van der Waals surface area contributed by atoms with E-state index in [2.05, 4.69) is 36.3 Å². The summed E-state index contributed by atoms with van der Waals surface area (Å²) in [6.07, 6.45) is 1.98. The summed E-state index contributed by atoms with van der Waals surface area (Å²) in [6.45, 7) is 4.17. The molecule has 0 spiro atoms. The van der Waals surface area contributed by atoms with Crippen LogP contribution in [0.15, 0.2) is 36.5 Å². The van der Waals surface area contributed by atoms with Crippen LogP contribution in [0.3, 0.4) is 0 Å². The molecule has 0 saturated heterocycles. The largest absolute Gasteiger partial charge is 0.380 e. The molecule has 17 heavy (non-hydrogen) atoms. The van der Waals surface area contributed by atoms with Gasteiger partial charge in [0.2, 0.25) is 0 Å². The van der Waals surface area contributed by atoms with Gasteiger partial charge in [0.1, 0.15) is 0 Å². The Morgan fingerprint density at radius 3 is 2.76 bits per heavy atom. The molecule has 0 radical (unpaired) electrons. The Hall–Kier alpha value is -1.61. The molecule has 2 rings (SSSR count). The van der Waals surface area contributed by atoms with Gasteiger partial charge in [0.05, 0.1) is 11.6 Å². The van der Waals surface area contributed by atoms with Crippen molar-refractivity contribution in [2.45, 2.75) is 26.0 Å². The number of hydrogen-bond donors (Lipinski definition) is 1. The van der Waals surface area contributed by atoms with E-state index in [-0.39, 0.29) is 12.1 Å². The average molecular weight is 230 g/mol. The van der Waals surface area contributed by atoms with E-state index in [9.17, 15) is 0 Å². The highest BCUT2D eigenvalue weighted by Gasteiger charge is 2.11. The lowest BCUT2D eigenvalue weighted by atomic mass is 10.1. The number of pyridine rings is 1. The van der Waals surface area contributed by atoms with E-state index in [4.69, 9.17) is 4.74 Å². The van der Waals surface area contributed by atoms with Gasteiger partial charge in [-0.05, 0) is 38.1 Å². The number of nitrogens with one attached hydrogen (secondary N) is 1. The maximum Gasteiger partial charge on any atom is 0.0741 e. The van der Waals surface area contributed by atoms with Crippen molar-refractivity contribution in [3.05, 3.63) is 36.5 Å². The molecule has 0 amide bonds. The van der Waals surface area contributed by atoms with Crippen molar-refractivity contribution >= 4 is 16.6 Å². The molecule has 0 saturated carbocycles. The van der Waals surface area contributed by atoms with Gasteiger partial charge in [-0.3, -0.25) is 4.98 Å². The highest BCUT2D eigenvalue weighted by molar-refractivity contribution is 5.91. The van der Waals surface area contributed by atoms with E-state index in [0.717, 1.165) is 16.6 Å². The Balaban J connectivity index is 2.30. The molecule has 1 aromatic carbocycles. The van der Waals surface area contributed by atoms with Gasteiger partial charge in [0, 0.05) is 30.4 Å². The van der Waals surface area contributed by atoms with E-state index in [1.807, 2.05) is 24.4 Å². The number of hydrogen-bond acceptors (Lipinski definition) is 3. The number of methoxy groups -OCH3 is 1. The van der Waals surface area contributed by atoms with Crippen LogP contribution in [0, 0.1) is 0 Å². The van der Waals surface area contributed by atoms with Crippen LogP contribution in [-0.4, -0.2) is 24.2 Å². The first-order chi connectivity index (χ1) is 8.22. The minimum atomic E-state index is 0.168. The first kappa shape index (κ1) is 11.9. The first-order valence-electron chi connectivity index (χ1n) is 5.85. The molecule has 0 aliphatic carbocycles. The highest BCUT2D eigenvalue weighted by Crippen LogP contribution is 2.22. The standard InChI is InChI=1S/C14H18N2O/c1-10(11(2)17-3)16-14-8-4-7-13-12(14)6-5-9-15-13/h4-11,16H,1-3H3. The zero-order valence-corrected chi connectivity index (χ0v) is 10.5. The molecule has 2 atom stereocenters. The van der Waals surface area contributed by atoms with Crippen molar-refractivity contribution in [1.29, 1.82) is 0 Å². The summed E-state index contributed by atoms with van der Waals surface area (Å²) in [5.41, 5.74) is 2.11. The third-order valence-electron chi connectivity index (χ3n) is 3.10. The molecule has 0 fully saturated rings. The van der Waals surface area contributed by atoms with Gasteiger partial charge in [0.25, 0.3) is 0 Å². The molecule has 0 aliphatic rings. The molecule has 0 aliphatic heterocycles. The Morgan fingerprint density at radius 1 is 1.18 bits per heavy atom. The number of anilines is 1. The van der Waals surface area contributed by atoms with Gasteiger partial charge in [-0.25, -0.2) is 0 Å². The smallest absolute Gasteiger partial charge is 0.0741 e. The SMILES string of the molecule is COC(C)C(C)Nc1cccc2ncccc12. The summed E-state index contributed by atoms with van der Waals surface area (Å²) in [6, 6.07) is 10.4. The van der Waals surface area contributed by atoms with E-state index in [1.165, 1.54) is 0 Å². The van der Waals surface area contributed by atoms with Gasteiger partial charge >= 0.3 is 0 Å². The molecular weight excluding hydrogens is 212 g/mol. The molecule has 3 heteroatoms. The zero-order chi connectivity index (χ0) is 12.3. The Kier molecular flexibility index (Phi) is 3.59. The molecule has 1 aromatic heterocycles. The summed E-state index contributed by atoms with van der Waals surface area (Å²) < 4.78 is 5.32. The molecule has 3 nitrogen and oxygen atoms in total. The lowest BCUT2D eigenvalue weighted by molar-refractivity contribution is 0.106. The summed E-state index contributed by atoms with van der Waals surface area (Å²) in [5, 5.41) is 4.61. The quantitative estimate of drug-likeness (QED) is 0.876. The average Bonchev–Trinajstić information content (AvgIpc) is 2.38. The molecule has 1 N–H and O–H groups in total. The summed E-state index contributed by atoms with van der Waals surface area (Å²) in [4.78, 5) is 4.34. The monoisotopic (exact) mass is 230 g/mol. The van der Waals surface area contributed by atoms with Crippen LogP contribution in [0.2, 0.25) is 0 Å². The summed E-state index contributed by atoms with van der Waals surface area (Å²) >= 11 is 0. The second kappa shape index (κ2) is 5.15. The number of benzene rings is 1. The van der Waals surface area contributed by atoms with Crippen molar-refractivity contribution < 1.29 is 4.74 Å². The van der Waals surface area contributed by atoms with Crippen molar-refractivity contribution in [3.63, 3.8) is 0 Å². The van der Waals surface area contributed by atoms with Crippen LogP contribution in [0.25, 0.3) is 10.9 Å². The maximum absolute atomic E-state index is 5.32. The number of fused-ring (bicyclic) bond motifs is 1. The second-order valence-electron chi connectivity index (χ2n) is 4.25. The fourth-order valence-corrected chi connectivity index (χ4v) is 1.80. The molecular formula is C14H18N2O. The van der Waals surface area contributed by atoms with E-state index >= 15 is 0 Å². The number of nitrogens with zero attached hydrogens (tertiary/aromatic N) is 1. The predicted octanol–water partition coefficient (Wildman–Crippen LogP) is 3.07. The van der Waals surface area contributed by atoms with Crippen LogP contribution in [0.4, 0.5) is 5.69 Å². The molecule has 2 aromatic rings. The highest BCUT2D eigenvalue weighted by atomic mass is 16.5. The second-order valence-corrected chi connectivity index (χ2v) is 4.25. The molecule has 90 valence electrons. The third kappa shape index (κ3) is 2.56. The van der Waals surface area contributed by atoms with Gasteiger partial charge in [-0.15, -0.1) is 0 Å². The molecule has 0 bridgehead atoms. The van der Waals surface area contributed by atoms with E-state index in [1.54, 1.807) is 7.11 Å². The minimum Gasteiger partial charge on any atom is -0.380 e. The Labute approximate surface area is 102 Å². The molecule has 1 heterocycles. The van der Waals surface area contributed by atoms with Gasteiger partial charge < -0.3 is 10.1 Å². The number of aromatic nitrogens is 1. The van der Waals surface area contributed by atoms with Crippen molar-refractivity contribution in [2.75, 3.05) is 12.4 Å². The summed E-state index contributed by atoms with van der Waals surface area (Å²) in [7, 11) is 1.73. The lowest BCUT2D eigenvalue weighted by Gasteiger charge is -2.21. The van der Waals surface area contributed by atoms with Crippen LogP contribution in [-0.2, 0) is 4.74 Å². The van der Waals surface area contributed by atoms with E-state index < -0.39 is 0 Å². The first-order valence-corrected chi connectivity index (χ1v) is 5.85. The topological polar surface area (TPSA) is 34.1 Å². The Morgan fingerprint density at radius 2 is 2.00 bits per heavy atom. The normalized spacial score (nSPS) is 14.5. The fraction of sp³-hybridized carbons (Fsp3) is 0.357. The van der Waals surface area contributed by atoms with Crippen LogP contribution in [0.5, 0.6) is 0 Å². The minimum absolute atomic E-state index is 0.168. The van der Waals surface area contributed by atoms with Crippen LogP contribution in [0.1, 0.15) is 13.8 Å². The number of ether oxygens (including phenoxy) is 1. The van der Waals surface area contributed by atoms with Crippen molar-refractivity contribution in [3.8, 4) is 0 Å². The van der Waals surface area contributed by atoms with Crippen molar-refractivity contribution in [1.82, 2.24) is 4.98 Å². The van der Waals surface area contributed by atoms with Gasteiger partial charge in [-0.2, -0.15) is 0 Å². The lowest BCUT2D eigenvalue weighted by Crippen LogP contribution is -2.29. The van der Waals surface area contributed by atoms with Crippen LogP contribution < -0.4 is 5.32 Å². The number of rotatable bonds is 4. The fourth-order valence-electron chi connectivity index (χ4n) is 1.80. The zero-order valence-electron chi connectivity index (χ0n) is 10.5. The van der Waals surface area contributed by atoms with Crippen molar-refractivity contribution in [2.24, 2.45) is 0 Å². The van der Waals surface area contributed by atoms with Gasteiger partial charge in [-0.1, -0.05) is 6.07 Å². The summed E-state index contributed by atoms with van der Waals surface area (Å²) in [5.74, 6) is 0. The predicted molar refractivity (Wildman–Crippen MR) is 71.3 cm³/mol. The van der Waals surface area contributed by atoms with E-state index in [0.29, 0.717) is 0 Å².